The molecule has 2 heterocycles. The van der Waals surface area contributed by atoms with E-state index >= 15 is 0 Å². The van der Waals surface area contributed by atoms with Crippen molar-refractivity contribution < 1.29 is 4.52 Å². The van der Waals surface area contributed by atoms with Gasteiger partial charge in [-0.05, 0) is 25.0 Å². The van der Waals surface area contributed by atoms with E-state index < -0.39 is 0 Å². The van der Waals surface area contributed by atoms with E-state index in [1.807, 2.05) is 13.8 Å². The van der Waals surface area contributed by atoms with Gasteiger partial charge in [0.2, 0.25) is 0 Å². The molecule has 0 amide bonds. The van der Waals surface area contributed by atoms with E-state index in [1.165, 1.54) is 16.7 Å². The Balaban J connectivity index is 1.50. The minimum Gasteiger partial charge on any atom is -0.361 e. The molecule has 3 rings (SSSR count). The van der Waals surface area contributed by atoms with Gasteiger partial charge in [-0.15, -0.1) is 0 Å². The van der Waals surface area contributed by atoms with Crippen molar-refractivity contribution in [2.45, 2.75) is 33.5 Å². The highest BCUT2D eigenvalue weighted by atomic mass is 16.5. The first kappa shape index (κ1) is 16.2. The van der Waals surface area contributed by atoms with E-state index in [0.717, 1.165) is 50.7 Å². The van der Waals surface area contributed by atoms with Crippen molar-refractivity contribution in [2.24, 2.45) is 5.73 Å². The Morgan fingerprint density at radius 3 is 2.04 bits per heavy atom. The molecule has 0 atom stereocenters. The molecule has 0 spiro atoms. The van der Waals surface area contributed by atoms with Crippen molar-refractivity contribution in [3.63, 3.8) is 0 Å². The second kappa shape index (κ2) is 7.25. The number of nitrogens with two attached hydrogens (primary N) is 1. The second-order valence-corrected chi connectivity index (χ2v) is 6.38. The van der Waals surface area contributed by atoms with Crippen LogP contribution in [0.5, 0.6) is 0 Å². The maximum atomic E-state index is 5.65. The maximum absolute atomic E-state index is 5.65. The summed E-state index contributed by atoms with van der Waals surface area (Å²) in [5.41, 5.74) is 10.5. The Hall–Kier alpha value is -1.69. The first-order valence-corrected chi connectivity index (χ1v) is 8.30. The fourth-order valence-corrected chi connectivity index (χ4v) is 3.10. The summed E-state index contributed by atoms with van der Waals surface area (Å²) in [5.74, 6) is 0.949. The fraction of sp³-hybridized carbons (Fsp3) is 0.500. The molecule has 1 aromatic heterocycles. The first-order chi connectivity index (χ1) is 11.2. The number of benzene rings is 1. The van der Waals surface area contributed by atoms with Gasteiger partial charge in [0.1, 0.15) is 5.76 Å². The lowest BCUT2D eigenvalue weighted by atomic mass is 10.1. The van der Waals surface area contributed by atoms with E-state index in [1.54, 1.807) is 0 Å². The third-order valence-corrected chi connectivity index (χ3v) is 4.69. The molecule has 23 heavy (non-hydrogen) atoms. The number of nitrogens with zero attached hydrogens (tertiary/aromatic N) is 3. The smallest absolute Gasteiger partial charge is 0.138 e. The van der Waals surface area contributed by atoms with Crippen LogP contribution in [0.25, 0.3) is 0 Å². The molecule has 0 bridgehead atoms. The lowest BCUT2D eigenvalue weighted by molar-refractivity contribution is 0.121. The van der Waals surface area contributed by atoms with Crippen LogP contribution in [0.4, 0.5) is 0 Å². The summed E-state index contributed by atoms with van der Waals surface area (Å²) in [5, 5.41) is 4.05. The van der Waals surface area contributed by atoms with Gasteiger partial charge in [0.25, 0.3) is 0 Å². The molecular formula is C18H26N4O. The minimum absolute atomic E-state index is 0.612. The van der Waals surface area contributed by atoms with Gasteiger partial charge in [-0.1, -0.05) is 29.4 Å². The van der Waals surface area contributed by atoms with E-state index in [9.17, 15) is 0 Å². The third-order valence-electron chi connectivity index (χ3n) is 4.69. The van der Waals surface area contributed by atoms with Gasteiger partial charge in [0.05, 0.1) is 5.69 Å². The van der Waals surface area contributed by atoms with Gasteiger partial charge in [-0.3, -0.25) is 9.80 Å². The molecule has 5 nitrogen and oxygen atoms in total. The summed E-state index contributed by atoms with van der Waals surface area (Å²) in [6.45, 7) is 11.0. The van der Waals surface area contributed by atoms with Crippen LogP contribution in [0.1, 0.15) is 28.1 Å². The zero-order valence-electron chi connectivity index (χ0n) is 14.1. The van der Waals surface area contributed by atoms with Crippen LogP contribution in [0.3, 0.4) is 0 Å². The molecule has 1 fully saturated rings. The van der Waals surface area contributed by atoms with Crippen molar-refractivity contribution in [2.75, 3.05) is 26.2 Å². The molecule has 5 heteroatoms. The summed E-state index contributed by atoms with van der Waals surface area (Å²) in [4.78, 5) is 5.00. The van der Waals surface area contributed by atoms with Gasteiger partial charge < -0.3 is 10.3 Å². The normalized spacial score (nSPS) is 16.8. The quantitative estimate of drug-likeness (QED) is 0.915. The average Bonchev–Trinajstić information content (AvgIpc) is 2.89. The topological polar surface area (TPSA) is 58.5 Å². The van der Waals surface area contributed by atoms with E-state index in [4.69, 9.17) is 10.3 Å². The summed E-state index contributed by atoms with van der Waals surface area (Å²) in [7, 11) is 0. The summed E-state index contributed by atoms with van der Waals surface area (Å²) in [6.07, 6.45) is 0. The molecule has 0 saturated carbocycles. The molecule has 0 radical (unpaired) electrons. The molecule has 1 aliphatic rings. The first-order valence-electron chi connectivity index (χ1n) is 8.30. The zero-order chi connectivity index (χ0) is 16.2. The van der Waals surface area contributed by atoms with Gasteiger partial charge in [-0.25, -0.2) is 0 Å². The van der Waals surface area contributed by atoms with Crippen molar-refractivity contribution in [3.05, 3.63) is 52.4 Å². The molecule has 1 aromatic carbocycles. The molecule has 0 unspecified atom stereocenters. The number of aromatic nitrogens is 1. The highest BCUT2D eigenvalue weighted by molar-refractivity contribution is 5.22. The molecule has 0 aliphatic carbocycles. The predicted molar refractivity (Wildman–Crippen MR) is 90.9 cm³/mol. The largest absolute Gasteiger partial charge is 0.361 e. The number of piperazine rings is 1. The Labute approximate surface area is 138 Å². The van der Waals surface area contributed by atoms with Gasteiger partial charge in [0, 0.05) is 51.4 Å². The van der Waals surface area contributed by atoms with Crippen LogP contribution in [0, 0.1) is 13.8 Å². The molecule has 2 aromatic rings. The molecule has 124 valence electrons. The Morgan fingerprint density at radius 2 is 1.52 bits per heavy atom. The summed E-state index contributed by atoms with van der Waals surface area (Å²) in [6, 6.07) is 8.64. The SMILES string of the molecule is Cc1noc(C)c1CN1CCN(Cc2ccc(CN)cc2)CC1. The number of rotatable bonds is 5. The van der Waals surface area contributed by atoms with Crippen LogP contribution in [0.15, 0.2) is 28.8 Å². The fourth-order valence-electron chi connectivity index (χ4n) is 3.10. The standard InChI is InChI=1S/C18H26N4O/c1-14-18(15(2)23-20-14)13-22-9-7-21(8-10-22)12-17-5-3-16(11-19)4-6-17/h3-6H,7-13,19H2,1-2H3. The van der Waals surface area contributed by atoms with Crippen molar-refractivity contribution in [1.29, 1.82) is 0 Å². The lowest BCUT2D eigenvalue weighted by Crippen LogP contribution is -2.45. The average molecular weight is 314 g/mol. The molecule has 1 aliphatic heterocycles. The molecule has 2 N–H and O–H groups in total. The minimum atomic E-state index is 0.612. The number of aryl methyl sites for hydroxylation is 2. The summed E-state index contributed by atoms with van der Waals surface area (Å²) < 4.78 is 5.26. The van der Waals surface area contributed by atoms with Crippen LogP contribution >= 0.6 is 0 Å². The Kier molecular flexibility index (Phi) is 5.10. The molecular weight excluding hydrogens is 288 g/mol. The number of hydrogen-bond donors (Lipinski definition) is 1. The van der Waals surface area contributed by atoms with Crippen LogP contribution < -0.4 is 5.73 Å². The zero-order valence-corrected chi connectivity index (χ0v) is 14.1. The lowest BCUT2D eigenvalue weighted by Gasteiger charge is -2.34. The van der Waals surface area contributed by atoms with Gasteiger partial charge in [-0.2, -0.15) is 0 Å². The number of hydrogen-bond acceptors (Lipinski definition) is 5. The van der Waals surface area contributed by atoms with Crippen molar-refractivity contribution in [3.8, 4) is 0 Å². The van der Waals surface area contributed by atoms with Crippen LogP contribution in [-0.2, 0) is 19.6 Å². The Bertz CT molecular complexity index is 607. The van der Waals surface area contributed by atoms with Gasteiger partial charge in [0.15, 0.2) is 0 Å². The van der Waals surface area contributed by atoms with E-state index in [-0.39, 0.29) is 0 Å². The van der Waals surface area contributed by atoms with Gasteiger partial charge >= 0.3 is 0 Å². The predicted octanol–water partition coefficient (Wildman–Crippen LogP) is 2.07. The summed E-state index contributed by atoms with van der Waals surface area (Å²) >= 11 is 0. The second-order valence-electron chi connectivity index (χ2n) is 6.38. The van der Waals surface area contributed by atoms with E-state index in [2.05, 4.69) is 39.2 Å². The maximum Gasteiger partial charge on any atom is 0.138 e. The monoisotopic (exact) mass is 314 g/mol. The van der Waals surface area contributed by atoms with Crippen molar-refractivity contribution in [1.82, 2.24) is 15.0 Å². The van der Waals surface area contributed by atoms with Crippen LogP contribution in [0.2, 0.25) is 0 Å². The highest BCUT2D eigenvalue weighted by Crippen LogP contribution is 2.17. The molecule has 1 saturated heterocycles. The van der Waals surface area contributed by atoms with E-state index in [0.29, 0.717) is 6.54 Å². The third kappa shape index (κ3) is 3.99. The highest BCUT2D eigenvalue weighted by Gasteiger charge is 2.19. The van der Waals surface area contributed by atoms with Crippen LogP contribution in [-0.4, -0.2) is 41.1 Å². The van der Waals surface area contributed by atoms with Crippen molar-refractivity contribution >= 4 is 0 Å². The Morgan fingerprint density at radius 1 is 0.957 bits per heavy atom.